The van der Waals surface area contributed by atoms with Gasteiger partial charge in [-0.2, -0.15) is 5.10 Å². The van der Waals surface area contributed by atoms with E-state index in [1.807, 2.05) is 25.5 Å². The molecule has 0 unspecified atom stereocenters. The van der Waals surface area contributed by atoms with Crippen molar-refractivity contribution >= 4 is 17.9 Å². The van der Waals surface area contributed by atoms with Gasteiger partial charge in [0.2, 0.25) is 5.89 Å². The Bertz CT molecular complexity index is 888. The van der Waals surface area contributed by atoms with E-state index in [4.69, 9.17) is 4.42 Å². The maximum atomic E-state index is 12.8. The molecule has 2 aliphatic heterocycles. The van der Waals surface area contributed by atoms with Crippen molar-refractivity contribution in [3.05, 3.63) is 30.4 Å². The van der Waals surface area contributed by atoms with E-state index in [-0.39, 0.29) is 11.9 Å². The quantitative estimate of drug-likeness (QED) is 0.794. The Labute approximate surface area is 164 Å². The van der Waals surface area contributed by atoms with Crippen molar-refractivity contribution < 1.29 is 9.21 Å². The molecule has 8 heteroatoms. The number of hydrogen-bond acceptors (Lipinski definition) is 6. The van der Waals surface area contributed by atoms with Crippen LogP contribution in [0.15, 0.2) is 34.1 Å². The van der Waals surface area contributed by atoms with Gasteiger partial charge in [0.1, 0.15) is 12.1 Å². The van der Waals surface area contributed by atoms with Crippen LogP contribution in [-0.2, 0) is 0 Å². The van der Waals surface area contributed by atoms with Crippen LogP contribution in [0.5, 0.6) is 0 Å². The van der Waals surface area contributed by atoms with Gasteiger partial charge >= 0.3 is 0 Å². The van der Waals surface area contributed by atoms with E-state index in [2.05, 4.69) is 26.9 Å². The van der Waals surface area contributed by atoms with Crippen LogP contribution in [0, 0.1) is 0 Å². The zero-order valence-electron chi connectivity index (χ0n) is 16.4. The van der Waals surface area contributed by atoms with Gasteiger partial charge in [0, 0.05) is 38.6 Å². The van der Waals surface area contributed by atoms with Gasteiger partial charge in [-0.05, 0) is 38.3 Å². The van der Waals surface area contributed by atoms with Crippen molar-refractivity contribution in [1.82, 2.24) is 24.6 Å². The van der Waals surface area contributed by atoms with Gasteiger partial charge in [-0.15, -0.1) is 0 Å². The Balaban J connectivity index is 1.44. The first-order chi connectivity index (χ1) is 13.7. The van der Waals surface area contributed by atoms with Gasteiger partial charge in [-0.1, -0.05) is 6.92 Å². The molecule has 2 aromatic heterocycles. The summed E-state index contributed by atoms with van der Waals surface area (Å²) in [5.74, 6) is 1.08. The lowest BCUT2D eigenvalue weighted by Gasteiger charge is -2.35. The predicted octanol–water partition coefficient (Wildman–Crippen LogP) is 2.76. The van der Waals surface area contributed by atoms with Crippen LogP contribution in [0.1, 0.15) is 43.1 Å². The maximum absolute atomic E-state index is 12.8. The molecule has 4 heterocycles. The van der Waals surface area contributed by atoms with Crippen LogP contribution >= 0.6 is 0 Å². The Morgan fingerprint density at radius 1 is 1.32 bits per heavy atom. The number of hydrogen-bond donors (Lipinski definition) is 0. The monoisotopic (exact) mass is 382 g/mol. The minimum atomic E-state index is -0.100. The Morgan fingerprint density at radius 3 is 2.86 bits per heavy atom. The van der Waals surface area contributed by atoms with E-state index >= 15 is 0 Å². The molecule has 0 N–H and O–H groups in total. The van der Waals surface area contributed by atoms with E-state index in [1.165, 1.54) is 6.26 Å². The first-order valence-electron chi connectivity index (χ1n) is 9.89. The summed E-state index contributed by atoms with van der Waals surface area (Å²) in [7, 11) is 1.86. The Kier molecular flexibility index (Phi) is 5.38. The molecule has 0 aromatic carbocycles. The lowest BCUT2D eigenvalue weighted by Crippen LogP contribution is -2.45. The molecule has 0 aliphatic carbocycles. The standard InChI is InChI=1S/C20H26N6O2/c1-3-25-10-7-16(8-11-25)24(2)20(27)17-14-28-19(23-17)15-12-22-26(13-15)18-6-4-5-9-21-18/h6,9,12-14,16H,3-5,7-8,10-11H2,1-2H3. The zero-order valence-corrected chi connectivity index (χ0v) is 16.4. The number of carbonyl (C=O) groups is 1. The number of piperidine rings is 1. The normalized spacial score (nSPS) is 18.3. The number of allylic oxidation sites excluding steroid dienone is 1. The molecule has 1 saturated heterocycles. The Hall–Kier alpha value is -2.74. The fourth-order valence-corrected chi connectivity index (χ4v) is 3.68. The summed E-state index contributed by atoms with van der Waals surface area (Å²) >= 11 is 0. The molecule has 0 atom stereocenters. The van der Waals surface area contributed by atoms with Crippen molar-refractivity contribution in [2.75, 3.05) is 26.7 Å². The van der Waals surface area contributed by atoms with Crippen LogP contribution in [0.2, 0.25) is 0 Å². The van der Waals surface area contributed by atoms with E-state index in [0.717, 1.165) is 56.7 Å². The average Bonchev–Trinajstić information content (AvgIpc) is 3.43. The molecule has 0 spiro atoms. The average molecular weight is 382 g/mol. The van der Waals surface area contributed by atoms with Crippen LogP contribution in [0.3, 0.4) is 0 Å². The number of aromatic nitrogens is 3. The summed E-state index contributed by atoms with van der Waals surface area (Å²) in [4.78, 5) is 25.8. The molecule has 148 valence electrons. The lowest BCUT2D eigenvalue weighted by molar-refractivity contribution is 0.0641. The Morgan fingerprint density at radius 2 is 2.14 bits per heavy atom. The van der Waals surface area contributed by atoms with Crippen molar-refractivity contribution in [1.29, 1.82) is 0 Å². The highest BCUT2D eigenvalue weighted by atomic mass is 16.3. The first kappa shape index (κ1) is 18.6. The van der Waals surface area contributed by atoms with E-state index < -0.39 is 0 Å². The second kappa shape index (κ2) is 8.10. The van der Waals surface area contributed by atoms with Crippen molar-refractivity contribution in [3.63, 3.8) is 0 Å². The topological polar surface area (TPSA) is 79.8 Å². The molecule has 8 nitrogen and oxygen atoms in total. The van der Waals surface area contributed by atoms with Gasteiger partial charge in [-0.25, -0.2) is 14.7 Å². The van der Waals surface area contributed by atoms with Crippen LogP contribution in [-0.4, -0.2) is 69.4 Å². The highest BCUT2D eigenvalue weighted by Gasteiger charge is 2.27. The summed E-state index contributed by atoms with van der Waals surface area (Å²) in [6, 6.07) is 0.245. The van der Waals surface area contributed by atoms with Crippen molar-refractivity contribution in [2.45, 2.75) is 38.6 Å². The third kappa shape index (κ3) is 3.77. The van der Waals surface area contributed by atoms with Crippen LogP contribution in [0.4, 0.5) is 0 Å². The van der Waals surface area contributed by atoms with Gasteiger partial charge < -0.3 is 14.2 Å². The predicted molar refractivity (Wildman–Crippen MR) is 107 cm³/mol. The van der Waals surface area contributed by atoms with Crippen molar-refractivity contribution in [2.24, 2.45) is 4.99 Å². The number of carbonyl (C=O) groups excluding carboxylic acids is 1. The SMILES string of the molecule is CCN1CCC(N(C)C(=O)c2coc(-c3cnn(C4=CCCC=N4)c3)n2)CC1. The zero-order chi connectivity index (χ0) is 19.5. The van der Waals surface area contributed by atoms with Gasteiger partial charge in [-0.3, -0.25) is 4.79 Å². The second-order valence-corrected chi connectivity index (χ2v) is 7.24. The molecule has 28 heavy (non-hydrogen) atoms. The molecule has 1 amide bonds. The van der Waals surface area contributed by atoms with E-state index in [1.54, 1.807) is 15.8 Å². The number of amides is 1. The molecule has 0 bridgehead atoms. The first-order valence-corrected chi connectivity index (χ1v) is 9.89. The highest BCUT2D eigenvalue weighted by molar-refractivity contribution is 5.92. The van der Waals surface area contributed by atoms with Crippen LogP contribution in [0.25, 0.3) is 17.3 Å². The molecule has 0 saturated carbocycles. The summed E-state index contributed by atoms with van der Waals surface area (Å²) in [6.45, 7) is 5.29. The number of rotatable bonds is 5. The van der Waals surface area contributed by atoms with Crippen LogP contribution < -0.4 is 0 Å². The smallest absolute Gasteiger partial charge is 0.275 e. The minimum Gasteiger partial charge on any atom is -0.444 e. The molecule has 4 rings (SSSR count). The summed E-state index contributed by atoms with van der Waals surface area (Å²) in [5, 5.41) is 4.33. The molecule has 2 aromatic rings. The lowest BCUT2D eigenvalue weighted by atomic mass is 10.0. The second-order valence-electron chi connectivity index (χ2n) is 7.24. The minimum absolute atomic E-state index is 0.100. The molecule has 2 aliphatic rings. The number of nitrogens with zero attached hydrogens (tertiary/aromatic N) is 6. The highest BCUT2D eigenvalue weighted by Crippen LogP contribution is 2.22. The molecular weight excluding hydrogens is 356 g/mol. The van der Waals surface area contributed by atoms with Crippen molar-refractivity contribution in [3.8, 4) is 11.5 Å². The largest absolute Gasteiger partial charge is 0.444 e. The molecular formula is C20H26N6O2. The summed E-state index contributed by atoms with van der Waals surface area (Å²) in [5.41, 5.74) is 1.05. The summed E-state index contributed by atoms with van der Waals surface area (Å²) in [6.07, 6.45) is 12.7. The number of likely N-dealkylation sites (tertiary alicyclic amines) is 1. The third-order valence-electron chi connectivity index (χ3n) is 5.51. The molecule has 1 fully saturated rings. The number of oxazole rings is 1. The molecule has 0 radical (unpaired) electrons. The van der Waals surface area contributed by atoms with Gasteiger partial charge in [0.15, 0.2) is 5.69 Å². The fourth-order valence-electron chi connectivity index (χ4n) is 3.68. The van der Waals surface area contributed by atoms with Gasteiger partial charge in [0.25, 0.3) is 5.91 Å². The summed E-state index contributed by atoms with van der Waals surface area (Å²) < 4.78 is 7.27. The van der Waals surface area contributed by atoms with E-state index in [0.29, 0.717) is 11.6 Å². The van der Waals surface area contributed by atoms with E-state index in [9.17, 15) is 4.79 Å². The van der Waals surface area contributed by atoms with Gasteiger partial charge in [0.05, 0.1) is 11.8 Å². The maximum Gasteiger partial charge on any atom is 0.275 e. The fraction of sp³-hybridized carbons (Fsp3) is 0.500. The number of aliphatic imine (C=N–C) groups is 1. The third-order valence-corrected chi connectivity index (χ3v) is 5.51.